The molecule has 6 heteroatoms. The number of aromatic nitrogens is 2. The molecule has 3 heterocycles. The second-order valence-electron chi connectivity index (χ2n) is 6.08. The minimum Gasteiger partial charge on any atom is -0.330 e. The third-order valence-electron chi connectivity index (χ3n) is 4.52. The van der Waals surface area contributed by atoms with Crippen LogP contribution in [-0.4, -0.2) is 33.9 Å². The normalized spacial score (nSPS) is 23.8. The summed E-state index contributed by atoms with van der Waals surface area (Å²) in [4.78, 5) is 20.0. The van der Waals surface area contributed by atoms with E-state index in [2.05, 4.69) is 16.8 Å². The number of piperidine rings is 1. The Bertz CT molecular complexity index is 693. The summed E-state index contributed by atoms with van der Waals surface area (Å²) in [5.41, 5.74) is 7.70. The van der Waals surface area contributed by atoms with Gasteiger partial charge in [0, 0.05) is 30.2 Å². The summed E-state index contributed by atoms with van der Waals surface area (Å²) in [6.07, 6.45) is 1.17. The third-order valence-corrected chi connectivity index (χ3v) is 5.46. The monoisotopic (exact) mass is 306 g/mol. The Morgan fingerprint density at radius 3 is 3.10 bits per heavy atom. The Hall–Kier alpha value is -1.24. The molecule has 0 spiro atoms. The number of aryl methyl sites for hydroxylation is 1. The number of nitrogens with zero attached hydrogens (tertiary/aromatic N) is 3. The van der Waals surface area contributed by atoms with E-state index in [0.29, 0.717) is 11.8 Å². The van der Waals surface area contributed by atoms with E-state index >= 15 is 0 Å². The zero-order chi connectivity index (χ0) is 15.0. The van der Waals surface area contributed by atoms with Crippen LogP contribution < -0.4 is 11.3 Å². The second-order valence-corrected chi connectivity index (χ2v) is 6.91. The fourth-order valence-corrected chi connectivity index (χ4v) is 3.98. The molecule has 1 aliphatic heterocycles. The Balaban J connectivity index is 1.80. The van der Waals surface area contributed by atoms with Gasteiger partial charge in [-0.05, 0) is 38.3 Å². The van der Waals surface area contributed by atoms with E-state index in [9.17, 15) is 4.79 Å². The van der Waals surface area contributed by atoms with Crippen LogP contribution in [0.3, 0.4) is 0 Å². The van der Waals surface area contributed by atoms with Crippen molar-refractivity contribution in [3.63, 3.8) is 0 Å². The molecule has 2 N–H and O–H groups in total. The topological polar surface area (TPSA) is 63.6 Å². The largest absolute Gasteiger partial charge is 0.330 e. The Morgan fingerprint density at radius 2 is 2.33 bits per heavy atom. The molecule has 0 amide bonds. The molecule has 0 aromatic carbocycles. The van der Waals surface area contributed by atoms with E-state index < -0.39 is 0 Å². The summed E-state index contributed by atoms with van der Waals surface area (Å²) < 4.78 is 1.68. The molecule has 1 saturated heterocycles. The summed E-state index contributed by atoms with van der Waals surface area (Å²) in [5, 5.41) is 1.97. The van der Waals surface area contributed by atoms with Crippen molar-refractivity contribution in [1.29, 1.82) is 0 Å². The lowest BCUT2D eigenvalue weighted by molar-refractivity contribution is 0.125. The van der Waals surface area contributed by atoms with Gasteiger partial charge in [0.15, 0.2) is 4.96 Å². The van der Waals surface area contributed by atoms with Gasteiger partial charge in [0.2, 0.25) is 0 Å². The quantitative estimate of drug-likeness (QED) is 0.933. The van der Waals surface area contributed by atoms with E-state index in [1.54, 1.807) is 10.5 Å². The smallest absolute Gasteiger partial charge is 0.259 e. The van der Waals surface area contributed by atoms with E-state index in [1.807, 2.05) is 12.3 Å². The lowest BCUT2D eigenvalue weighted by atomic mass is 9.87. The highest BCUT2D eigenvalue weighted by atomic mass is 32.1. The zero-order valence-electron chi connectivity index (χ0n) is 12.6. The summed E-state index contributed by atoms with van der Waals surface area (Å²) in [6.45, 7) is 7.75. The summed E-state index contributed by atoms with van der Waals surface area (Å²) in [6, 6.07) is 1.67. The highest BCUT2D eigenvalue weighted by Gasteiger charge is 2.25. The molecule has 2 unspecified atom stereocenters. The van der Waals surface area contributed by atoms with Crippen molar-refractivity contribution in [3.8, 4) is 0 Å². The molecule has 0 saturated carbocycles. The third kappa shape index (κ3) is 2.88. The molecule has 5 nitrogen and oxygen atoms in total. The van der Waals surface area contributed by atoms with Crippen molar-refractivity contribution in [3.05, 3.63) is 33.2 Å². The van der Waals surface area contributed by atoms with Gasteiger partial charge in [-0.2, -0.15) is 0 Å². The maximum atomic E-state index is 12.2. The highest BCUT2D eigenvalue weighted by Crippen LogP contribution is 2.23. The van der Waals surface area contributed by atoms with Crippen molar-refractivity contribution in [2.24, 2.45) is 17.6 Å². The molecule has 0 radical (unpaired) electrons. The zero-order valence-corrected chi connectivity index (χ0v) is 13.4. The van der Waals surface area contributed by atoms with Crippen molar-refractivity contribution >= 4 is 16.3 Å². The standard InChI is InChI=1S/C15H22N4OS/c1-10-3-4-18(7-12(10)6-16)8-13-5-14(20)19-11(2)9-21-15(19)17-13/h5,9-10,12H,3-4,6-8,16H2,1-2H3. The van der Waals surface area contributed by atoms with Crippen LogP contribution in [0.2, 0.25) is 0 Å². The van der Waals surface area contributed by atoms with E-state index in [-0.39, 0.29) is 5.56 Å². The number of fused-ring (bicyclic) bond motifs is 1. The van der Waals surface area contributed by atoms with Crippen molar-refractivity contribution in [2.75, 3.05) is 19.6 Å². The predicted octanol–water partition coefficient (Wildman–Crippen LogP) is 1.48. The molecule has 1 fully saturated rings. The van der Waals surface area contributed by atoms with Crippen LogP contribution in [0, 0.1) is 18.8 Å². The van der Waals surface area contributed by atoms with Crippen LogP contribution in [0.15, 0.2) is 16.2 Å². The molecule has 2 atom stereocenters. The SMILES string of the molecule is Cc1csc2nc(CN3CCC(C)C(CN)C3)cc(=O)n12. The van der Waals surface area contributed by atoms with Gasteiger partial charge in [-0.25, -0.2) is 4.98 Å². The van der Waals surface area contributed by atoms with Crippen LogP contribution in [0.25, 0.3) is 4.96 Å². The molecule has 21 heavy (non-hydrogen) atoms. The van der Waals surface area contributed by atoms with Gasteiger partial charge in [-0.3, -0.25) is 14.1 Å². The van der Waals surface area contributed by atoms with Crippen LogP contribution >= 0.6 is 11.3 Å². The fourth-order valence-electron chi connectivity index (χ4n) is 3.09. The van der Waals surface area contributed by atoms with Crippen LogP contribution in [0.5, 0.6) is 0 Å². The van der Waals surface area contributed by atoms with Crippen LogP contribution in [-0.2, 0) is 6.54 Å². The van der Waals surface area contributed by atoms with Gasteiger partial charge < -0.3 is 5.73 Å². The van der Waals surface area contributed by atoms with Crippen molar-refractivity contribution in [1.82, 2.24) is 14.3 Å². The molecule has 114 valence electrons. The first-order valence-corrected chi connectivity index (χ1v) is 8.35. The molecule has 0 bridgehead atoms. The van der Waals surface area contributed by atoms with Gasteiger partial charge in [0.1, 0.15) is 0 Å². The molecule has 3 rings (SSSR count). The molecule has 2 aromatic heterocycles. The molecule has 0 aliphatic carbocycles. The van der Waals surface area contributed by atoms with Gasteiger partial charge in [0.25, 0.3) is 5.56 Å². The summed E-state index contributed by atoms with van der Waals surface area (Å²) in [7, 11) is 0. The van der Waals surface area contributed by atoms with Gasteiger partial charge >= 0.3 is 0 Å². The van der Waals surface area contributed by atoms with E-state index in [1.165, 1.54) is 17.8 Å². The average molecular weight is 306 g/mol. The first-order valence-electron chi connectivity index (χ1n) is 7.47. The highest BCUT2D eigenvalue weighted by molar-refractivity contribution is 7.15. The number of hydrogen-bond acceptors (Lipinski definition) is 5. The number of hydrogen-bond donors (Lipinski definition) is 1. The molecular formula is C15H22N4OS. The minimum atomic E-state index is 0.0227. The fraction of sp³-hybridized carbons (Fsp3) is 0.600. The summed E-state index contributed by atoms with van der Waals surface area (Å²) in [5.74, 6) is 1.24. The first kappa shape index (κ1) is 14.7. The molecular weight excluding hydrogens is 284 g/mol. The number of thiazole rings is 1. The maximum absolute atomic E-state index is 12.2. The molecule has 1 aliphatic rings. The van der Waals surface area contributed by atoms with Gasteiger partial charge in [-0.15, -0.1) is 11.3 Å². The number of likely N-dealkylation sites (tertiary alicyclic amines) is 1. The minimum absolute atomic E-state index is 0.0227. The lowest BCUT2D eigenvalue weighted by Crippen LogP contribution is -2.42. The van der Waals surface area contributed by atoms with E-state index in [4.69, 9.17) is 5.73 Å². The average Bonchev–Trinajstić information content (AvgIpc) is 2.83. The molecule has 2 aromatic rings. The Kier molecular flexibility index (Phi) is 4.10. The van der Waals surface area contributed by atoms with Crippen molar-refractivity contribution < 1.29 is 0 Å². The van der Waals surface area contributed by atoms with Gasteiger partial charge in [0.05, 0.1) is 5.69 Å². The second kappa shape index (κ2) is 5.87. The van der Waals surface area contributed by atoms with E-state index in [0.717, 1.165) is 42.5 Å². The predicted molar refractivity (Wildman–Crippen MR) is 85.7 cm³/mol. The number of nitrogens with two attached hydrogens (primary N) is 1. The number of rotatable bonds is 3. The maximum Gasteiger partial charge on any atom is 0.259 e. The summed E-state index contributed by atoms with van der Waals surface area (Å²) >= 11 is 1.52. The van der Waals surface area contributed by atoms with Crippen LogP contribution in [0.4, 0.5) is 0 Å². The first-order chi connectivity index (χ1) is 10.1. The Morgan fingerprint density at radius 1 is 1.52 bits per heavy atom. The lowest BCUT2D eigenvalue weighted by Gasteiger charge is -2.36. The Labute approximate surface area is 128 Å². The van der Waals surface area contributed by atoms with Crippen molar-refractivity contribution in [2.45, 2.75) is 26.8 Å². The van der Waals surface area contributed by atoms with Crippen LogP contribution in [0.1, 0.15) is 24.7 Å². The van der Waals surface area contributed by atoms with Gasteiger partial charge in [-0.1, -0.05) is 6.92 Å².